The number of hydrogen-bond acceptors (Lipinski definition) is 4. The van der Waals surface area contributed by atoms with E-state index in [0.29, 0.717) is 6.42 Å². The van der Waals surface area contributed by atoms with Crippen molar-refractivity contribution in [2.24, 2.45) is 11.3 Å². The summed E-state index contributed by atoms with van der Waals surface area (Å²) >= 11 is 0. The lowest BCUT2D eigenvalue weighted by Crippen LogP contribution is -2.47. The summed E-state index contributed by atoms with van der Waals surface area (Å²) in [4.78, 5) is 25.8. The van der Waals surface area contributed by atoms with E-state index in [1.807, 2.05) is 18.2 Å². The van der Waals surface area contributed by atoms with Gasteiger partial charge in [-0.15, -0.1) is 0 Å². The molecule has 0 radical (unpaired) electrons. The Morgan fingerprint density at radius 2 is 1.56 bits per heavy atom. The number of carbonyl (C=O) groups is 2. The van der Waals surface area contributed by atoms with E-state index in [-0.39, 0.29) is 19.1 Å². The third-order valence-corrected chi connectivity index (χ3v) is 5.21. The van der Waals surface area contributed by atoms with Gasteiger partial charge in [0.05, 0.1) is 13.2 Å². The monoisotopic (exact) mass is 346 g/mol. The van der Waals surface area contributed by atoms with Crippen molar-refractivity contribution >= 4 is 11.9 Å². The molecule has 0 unspecified atom stereocenters. The second kappa shape index (κ2) is 9.59. The summed E-state index contributed by atoms with van der Waals surface area (Å²) in [5.41, 5.74) is 0.0765. The molecular weight excluding hydrogens is 316 g/mol. The number of benzene rings is 1. The first-order valence-electron chi connectivity index (χ1n) is 9.53. The maximum Gasteiger partial charge on any atom is 0.323 e. The normalized spacial score (nSPS) is 15.1. The number of hydrogen-bond donors (Lipinski definition) is 0. The van der Waals surface area contributed by atoms with E-state index >= 15 is 0 Å². The molecule has 0 aromatic heterocycles. The average molecular weight is 346 g/mol. The predicted molar refractivity (Wildman–Crippen MR) is 97.0 cm³/mol. The molecule has 0 amide bonds. The molecule has 25 heavy (non-hydrogen) atoms. The van der Waals surface area contributed by atoms with Crippen LogP contribution < -0.4 is 0 Å². The Morgan fingerprint density at radius 1 is 1.00 bits per heavy atom. The molecule has 1 saturated carbocycles. The van der Waals surface area contributed by atoms with E-state index in [9.17, 15) is 9.59 Å². The lowest BCUT2D eigenvalue weighted by molar-refractivity contribution is -0.177. The van der Waals surface area contributed by atoms with Gasteiger partial charge < -0.3 is 9.47 Å². The van der Waals surface area contributed by atoms with Crippen molar-refractivity contribution < 1.29 is 19.1 Å². The molecular formula is C21H30O4. The molecule has 1 aromatic carbocycles. The molecule has 4 heteroatoms. The van der Waals surface area contributed by atoms with Gasteiger partial charge in [0.25, 0.3) is 0 Å². The molecule has 0 spiro atoms. The summed E-state index contributed by atoms with van der Waals surface area (Å²) in [5.74, 6) is -0.761. The molecule has 0 N–H and O–H groups in total. The van der Waals surface area contributed by atoms with Crippen LogP contribution in [0.3, 0.4) is 0 Å². The van der Waals surface area contributed by atoms with Crippen LogP contribution in [-0.2, 0) is 25.5 Å². The fraction of sp³-hybridized carbons (Fsp3) is 0.619. The van der Waals surface area contributed by atoms with Crippen LogP contribution in [-0.4, -0.2) is 25.2 Å². The quantitative estimate of drug-likeness (QED) is 0.494. The Morgan fingerprint density at radius 3 is 2.08 bits per heavy atom. The van der Waals surface area contributed by atoms with Crippen LogP contribution >= 0.6 is 0 Å². The highest BCUT2D eigenvalue weighted by molar-refractivity contribution is 6.00. The highest BCUT2D eigenvalue weighted by Crippen LogP contribution is 2.45. The summed E-state index contributed by atoms with van der Waals surface area (Å²) in [6, 6.07) is 10.2. The van der Waals surface area contributed by atoms with Gasteiger partial charge in [0.15, 0.2) is 5.41 Å². The molecule has 1 aliphatic carbocycles. The van der Waals surface area contributed by atoms with Gasteiger partial charge in [0, 0.05) is 0 Å². The zero-order valence-corrected chi connectivity index (χ0v) is 15.5. The van der Waals surface area contributed by atoms with Crippen molar-refractivity contribution in [3.05, 3.63) is 35.9 Å². The van der Waals surface area contributed by atoms with Crippen molar-refractivity contribution in [3.63, 3.8) is 0 Å². The van der Waals surface area contributed by atoms with Crippen LogP contribution in [0.1, 0.15) is 57.9 Å². The molecule has 0 atom stereocenters. The third kappa shape index (κ3) is 4.62. The number of ether oxygens (including phenoxy) is 2. The Bertz CT molecular complexity index is 528. The van der Waals surface area contributed by atoms with Crippen LogP contribution in [0, 0.1) is 11.3 Å². The van der Waals surface area contributed by atoms with Gasteiger partial charge in [-0.05, 0) is 57.4 Å². The first-order chi connectivity index (χ1) is 12.1. The maximum absolute atomic E-state index is 12.9. The van der Waals surface area contributed by atoms with Crippen molar-refractivity contribution in [1.29, 1.82) is 0 Å². The standard InChI is InChI=1S/C21H30O4/c1-3-24-19(22)21(20(23)25-4-2,18-14-8-9-15-18)16-10-13-17-11-6-5-7-12-17/h5-7,11-12,18H,3-4,8-10,13-16H2,1-2H3. The number of rotatable bonds is 9. The topological polar surface area (TPSA) is 52.6 Å². The summed E-state index contributed by atoms with van der Waals surface area (Å²) in [6.45, 7) is 4.13. The van der Waals surface area contributed by atoms with E-state index in [0.717, 1.165) is 38.5 Å². The molecule has 1 aromatic rings. The Labute approximate surface area is 150 Å². The first-order valence-corrected chi connectivity index (χ1v) is 9.53. The van der Waals surface area contributed by atoms with Crippen LogP contribution in [0.5, 0.6) is 0 Å². The van der Waals surface area contributed by atoms with Gasteiger partial charge in [0.2, 0.25) is 0 Å². The van der Waals surface area contributed by atoms with Crippen LogP contribution in [0.4, 0.5) is 0 Å². The SMILES string of the molecule is CCOC(=O)C(CCCc1ccccc1)(C(=O)OCC)C1CCCC1. The van der Waals surface area contributed by atoms with Gasteiger partial charge >= 0.3 is 11.9 Å². The van der Waals surface area contributed by atoms with Crippen LogP contribution in [0.2, 0.25) is 0 Å². The van der Waals surface area contributed by atoms with E-state index in [4.69, 9.17) is 9.47 Å². The second-order valence-corrected chi connectivity index (χ2v) is 6.73. The number of esters is 2. The minimum Gasteiger partial charge on any atom is -0.465 e. The predicted octanol–water partition coefficient (Wildman–Crippen LogP) is 4.31. The van der Waals surface area contributed by atoms with Crippen molar-refractivity contribution in [2.45, 2.75) is 58.8 Å². The van der Waals surface area contributed by atoms with Gasteiger partial charge in [-0.25, -0.2) is 0 Å². The zero-order chi connectivity index (χ0) is 18.1. The fourth-order valence-electron chi connectivity index (χ4n) is 3.98. The van der Waals surface area contributed by atoms with Gasteiger partial charge in [0.1, 0.15) is 0 Å². The first kappa shape index (κ1) is 19.5. The Kier molecular flexibility index (Phi) is 7.48. The van der Waals surface area contributed by atoms with E-state index < -0.39 is 17.4 Å². The van der Waals surface area contributed by atoms with E-state index in [1.54, 1.807) is 13.8 Å². The number of carbonyl (C=O) groups excluding carboxylic acids is 2. The summed E-state index contributed by atoms with van der Waals surface area (Å²) in [7, 11) is 0. The fourth-order valence-corrected chi connectivity index (χ4v) is 3.98. The highest BCUT2D eigenvalue weighted by Gasteiger charge is 2.54. The second-order valence-electron chi connectivity index (χ2n) is 6.73. The van der Waals surface area contributed by atoms with E-state index in [2.05, 4.69) is 12.1 Å². The van der Waals surface area contributed by atoms with Crippen molar-refractivity contribution in [2.75, 3.05) is 13.2 Å². The molecule has 1 fully saturated rings. The minimum atomic E-state index is -1.14. The van der Waals surface area contributed by atoms with Crippen molar-refractivity contribution in [1.82, 2.24) is 0 Å². The summed E-state index contributed by atoms with van der Waals surface area (Å²) in [6.07, 6.45) is 6.00. The van der Waals surface area contributed by atoms with Crippen molar-refractivity contribution in [3.8, 4) is 0 Å². The molecule has 0 aliphatic heterocycles. The highest BCUT2D eigenvalue weighted by atomic mass is 16.6. The lowest BCUT2D eigenvalue weighted by Gasteiger charge is -2.34. The summed E-state index contributed by atoms with van der Waals surface area (Å²) < 4.78 is 10.7. The van der Waals surface area contributed by atoms with Gasteiger partial charge in [-0.1, -0.05) is 43.2 Å². The molecule has 0 heterocycles. The molecule has 138 valence electrons. The molecule has 1 aliphatic rings. The lowest BCUT2D eigenvalue weighted by atomic mass is 9.70. The van der Waals surface area contributed by atoms with Crippen LogP contribution in [0.15, 0.2) is 30.3 Å². The zero-order valence-electron chi connectivity index (χ0n) is 15.5. The molecule has 0 saturated heterocycles. The Balaban J connectivity index is 2.21. The maximum atomic E-state index is 12.9. The molecule has 2 rings (SSSR count). The molecule has 4 nitrogen and oxygen atoms in total. The van der Waals surface area contributed by atoms with Gasteiger partial charge in [-0.2, -0.15) is 0 Å². The smallest absolute Gasteiger partial charge is 0.323 e. The molecule has 0 bridgehead atoms. The number of aryl methyl sites for hydroxylation is 1. The van der Waals surface area contributed by atoms with Crippen LogP contribution in [0.25, 0.3) is 0 Å². The average Bonchev–Trinajstić information content (AvgIpc) is 3.15. The van der Waals surface area contributed by atoms with E-state index in [1.165, 1.54) is 5.56 Å². The minimum absolute atomic E-state index is 0.0290. The Hall–Kier alpha value is -1.84. The van der Waals surface area contributed by atoms with Gasteiger partial charge in [-0.3, -0.25) is 9.59 Å². The third-order valence-electron chi connectivity index (χ3n) is 5.21. The summed E-state index contributed by atoms with van der Waals surface area (Å²) in [5, 5.41) is 0. The largest absolute Gasteiger partial charge is 0.465 e.